The topological polar surface area (TPSA) is 29.3 Å². The molecule has 0 bridgehead atoms. The van der Waals surface area contributed by atoms with Crippen LogP contribution in [0.25, 0.3) is 16.9 Å². The number of halogens is 1. The second kappa shape index (κ2) is 6.40. The van der Waals surface area contributed by atoms with E-state index in [9.17, 15) is 4.39 Å². The molecule has 1 N–H and O–H groups in total. The highest BCUT2D eigenvalue weighted by atomic mass is 19.1. The maximum absolute atomic E-state index is 14.3. The van der Waals surface area contributed by atoms with Gasteiger partial charge in [-0.25, -0.2) is 9.37 Å². The summed E-state index contributed by atoms with van der Waals surface area (Å²) in [5.74, 6) is 0.523. The number of imidazole rings is 1. The molecule has 2 aromatic carbocycles. The number of anilines is 1. The van der Waals surface area contributed by atoms with Crippen LogP contribution in [-0.4, -0.2) is 9.38 Å². The summed E-state index contributed by atoms with van der Waals surface area (Å²) in [5, 5.41) is 3.43. The van der Waals surface area contributed by atoms with E-state index in [4.69, 9.17) is 0 Å². The second-order valence-electron chi connectivity index (χ2n) is 6.06. The highest BCUT2D eigenvalue weighted by Crippen LogP contribution is 2.31. The zero-order chi connectivity index (χ0) is 17.2. The number of aromatic nitrogens is 2. The maximum atomic E-state index is 14.3. The van der Waals surface area contributed by atoms with Crippen molar-refractivity contribution in [3.63, 3.8) is 0 Å². The Labute approximate surface area is 145 Å². The third kappa shape index (κ3) is 2.98. The Balaban J connectivity index is 1.82. The Morgan fingerprint density at radius 1 is 1.00 bits per heavy atom. The molecule has 4 heteroatoms. The minimum absolute atomic E-state index is 0.273. The number of aryl methyl sites for hydroxylation is 1. The summed E-state index contributed by atoms with van der Waals surface area (Å²) in [6.45, 7) is 2.67. The quantitative estimate of drug-likeness (QED) is 0.566. The first kappa shape index (κ1) is 15.4. The number of benzene rings is 2. The van der Waals surface area contributed by atoms with E-state index in [1.807, 2.05) is 53.9 Å². The maximum Gasteiger partial charge on any atom is 0.139 e. The van der Waals surface area contributed by atoms with Gasteiger partial charge in [0, 0.05) is 18.3 Å². The van der Waals surface area contributed by atoms with E-state index in [1.54, 1.807) is 12.1 Å². The van der Waals surface area contributed by atoms with Gasteiger partial charge in [-0.05, 0) is 42.3 Å². The largest absolute Gasteiger partial charge is 0.365 e. The Bertz CT molecular complexity index is 1020. The van der Waals surface area contributed by atoms with Crippen molar-refractivity contribution < 1.29 is 4.39 Å². The molecule has 25 heavy (non-hydrogen) atoms. The molecular weight excluding hydrogens is 313 g/mol. The summed E-state index contributed by atoms with van der Waals surface area (Å²) in [4.78, 5) is 4.68. The van der Waals surface area contributed by atoms with Crippen molar-refractivity contribution in [3.8, 4) is 11.3 Å². The van der Waals surface area contributed by atoms with Gasteiger partial charge in [-0.3, -0.25) is 4.40 Å². The zero-order valence-corrected chi connectivity index (χ0v) is 13.9. The van der Waals surface area contributed by atoms with Crippen LogP contribution in [0.2, 0.25) is 0 Å². The van der Waals surface area contributed by atoms with Crippen LogP contribution in [-0.2, 0) is 6.54 Å². The predicted octanol–water partition coefficient (Wildman–Crippen LogP) is 5.06. The summed E-state index contributed by atoms with van der Waals surface area (Å²) in [6, 6.07) is 20.9. The molecule has 3 nitrogen and oxygen atoms in total. The smallest absolute Gasteiger partial charge is 0.139 e. The first-order chi connectivity index (χ1) is 12.2. The van der Waals surface area contributed by atoms with Crippen LogP contribution in [0.3, 0.4) is 0 Å². The van der Waals surface area contributed by atoms with Gasteiger partial charge in [-0.1, -0.05) is 42.5 Å². The van der Waals surface area contributed by atoms with Gasteiger partial charge in [0.25, 0.3) is 0 Å². The van der Waals surface area contributed by atoms with E-state index < -0.39 is 0 Å². The Morgan fingerprint density at radius 3 is 2.56 bits per heavy atom. The van der Waals surface area contributed by atoms with E-state index >= 15 is 0 Å². The summed E-state index contributed by atoms with van der Waals surface area (Å²) < 4.78 is 16.3. The third-order valence-corrected chi connectivity index (χ3v) is 4.21. The fourth-order valence-corrected chi connectivity index (χ4v) is 2.94. The molecule has 4 rings (SSSR count). The normalized spacial score (nSPS) is 11.0. The molecule has 0 fully saturated rings. The van der Waals surface area contributed by atoms with E-state index in [0.717, 1.165) is 22.6 Å². The molecule has 124 valence electrons. The van der Waals surface area contributed by atoms with E-state index in [2.05, 4.69) is 22.4 Å². The molecule has 0 radical (unpaired) electrons. The van der Waals surface area contributed by atoms with Crippen LogP contribution in [0.1, 0.15) is 11.1 Å². The fraction of sp³-hybridized carbons (Fsp3) is 0.0952. The lowest BCUT2D eigenvalue weighted by Gasteiger charge is -2.09. The first-order valence-corrected chi connectivity index (χ1v) is 8.24. The van der Waals surface area contributed by atoms with Gasteiger partial charge >= 0.3 is 0 Å². The van der Waals surface area contributed by atoms with Crippen molar-refractivity contribution in [2.45, 2.75) is 13.5 Å². The molecule has 0 saturated heterocycles. The molecule has 4 aromatic rings. The molecule has 2 heterocycles. The van der Waals surface area contributed by atoms with Crippen LogP contribution in [0.4, 0.5) is 10.2 Å². The molecule has 0 amide bonds. The molecule has 0 aliphatic heterocycles. The van der Waals surface area contributed by atoms with Gasteiger partial charge in [0.2, 0.25) is 0 Å². The monoisotopic (exact) mass is 331 g/mol. The van der Waals surface area contributed by atoms with Crippen molar-refractivity contribution in [1.29, 1.82) is 0 Å². The number of hydrogen-bond acceptors (Lipinski definition) is 2. The average Bonchev–Trinajstić information content (AvgIpc) is 2.98. The van der Waals surface area contributed by atoms with Crippen LogP contribution in [0.15, 0.2) is 72.9 Å². The van der Waals surface area contributed by atoms with Crippen molar-refractivity contribution in [2.75, 3.05) is 5.32 Å². The SMILES string of the molecule is Cc1ccn2c(NCc3ccccc3)c(-c3ccccc3F)nc2c1. The lowest BCUT2D eigenvalue weighted by atomic mass is 10.1. The number of nitrogens with one attached hydrogen (secondary N) is 1. The summed E-state index contributed by atoms with van der Waals surface area (Å²) in [7, 11) is 0. The lowest BCUT2D eigenvalue weighted by molar-refractivity contribution is 0.631. The van der Waals surface area contributed by atoms with Gasteiger partial charge in [0.1, 0.15) is 23.0 Å². The Morgan fingerprint density at radius 2 is 1.76 bits per heavy atom. The van der Waals surface area contributed by atoms with Crippen molar-refractivity contribution >= 4 is 11.5 Å². The molecular formula is C21H18FN3. The Kier molecular flexibility index (Phi) is 3.94. The minimum atomic E-state index is -0.273. The van der Waals surface area contributed by atoms with E-state index in [0.29, 0.717) is 17.8 Å². The summed E-state index contributed by atoms with van der Waals surface area (Å²) in [6.07, 6.45) is 1.97. The molecule has 2 aromatic heterocycles. The van der Waals surface area contributed by atoms with Crippen LogP contribution in [0.5, 0.6) is 0 Å². The lowest BCUT2D eigenvalue weighted by Crippen LogP contribution is -2.03. The Hall–Kier alpha value is -3.14. The molecule has 0 aliphatic carbocycles. The van der Waals surface area contributed by atoms with Gasteiger partial charge in [-0.2, -0.15) is 0 Å². The highest BCUT2D eigenvalue weighted by Gasteiger charge is 2.16. The van der Waals surface area contributed by atoms with Crippen LogP contribution >= 0.6 is 0 Å². The number of rotatable bonds is 4. The van der Waals surface area contributed by atoms with E-state index in [1.165, 1.54) is 6.07 Å². The second-order valence-corrected chi connectivity index (χ2v) is 6.06. The van der Waals surface area contributed by atoms with E-state index in [-0.39, 0.29) is 5.82 Å². The standard InChI is InChI=1S/C21H18FN3/c1-15-11-12-25-19(13-15)24-20(17-9-5-6-10-18(17)22)21(25)23-14-16-7-3-2-4-8-16/h2-13,23H,14H2,1H3. The van der Waals surface area contributed by atoms with Gasteiger partial charge in [0.15, 0.2) is 0 Å². The summed E-state index contributed by atoms with van der Waals surface area (Å²) >= 11 is 0. The van der Waals surface area contributed by atoms with Crippen molar-refractivity contribution in [2.24, 2.45) is 0 Å². The zero-order valence-electron chi connectivity index (χ0n) is 13.9. The van der Waals surface area contributed by atoms with Gasteiger partial charge in [-0.15, -0.1) is 0 Å². The molecule has 0 saturated carbocycles. The number of fused-ring (bicyclic) bond motifs is 1. The van der Waals surface area contributed by atoms with Gasteiger partial charge < -0.3 is 5.32 Å². The highest BCUT2D eigenvalue weighted by molar-refractivity contribution is 5.77. The van der Waals surface area contributed by atoms with Crippen LogP contribution < -0.4 is 5.32 Å². The van der Waals surface area contributed by atoms with Crippen molar-refractivity contribution in [3.05, 3.63) is 89.9 Å². The molecule has 0 atom stereocenters. The molecule has 0 unspecified atom stereocenters. The average molecular weight is 331 g/mol. The summed E-state index contributed by atoms with van der Waals surface area (Å²) in [5.41, 5.74) is 4.20. The van der Waals surface area contributed by atoms with Gasteiger partial charge in [0.05, 0.1) is 0 Å². The number of hydrogen-bond donors (Lipinski definition) is 1. The molecule has 0 aliphatic rings. The fourth-order valence-electron chi connectivity index (χ4n) is 2.94. The molecule has 0 spiro atoms. The first-order valence-electron chi connectivity index (χ1n) is 8.24. The number of pyridine rings is 1. The minimum Gasteiger partial charge on any atom is -0.365 e. The number of nitrogens with zero attached hydrogens (tertiary/aromatic N) is 2. The predicted molar refractivity (Wildman–Crippen MR) is 99.1 cm³/mol. The van der Waals surface area contributed by atoms with Crippen LogP contribution in [0, 0.1) is 12.7 Å². The third-order valence-electron chi connectivity index (χ3n) is 4.21. The van der Waals surface area contributed by atoms with Crippen molar-refractivity contribution in [1.82, 2.24) is 9.38 Å².